The summed E-state index contributed by atoms with van der Waals surface area (Å²) in [5.41, 5.74) is 1.86. The van der Waals surface area contributed by atoms with Gasteiger partial charge in [0, 0.05) is 17.5 Å². The minimum Gasteiger partial charge on any atom is -0.349 e. The summed E-state index contributed by atoms with van der Waals surface area (Å²) in [4.78, 5) is 12.0. The number of nitrogens with one attached hydrogen (secondary N) is 1. The minimum atomic E-state index is -0.00425. The first-order chi connectivity index (χ1) is 8.69. The highest BCUT2D eigenvalue weighted by atomic mass is 16.1. The molecule has 1 aromatic carbocycles. The molecule has 1 saturated carbocycles. The highest BCUT2D eigenvalue weighted by Gasteiger charge is 2.22. The fraction of sp³-hybridized carbons (Fsp3) is 0.467. The van der Waals surface area contributed by atoms with Crippen molar-refractivity contribution in [3.63, 3.8) is 0 Å². The number of amides is 1. The predicted molar refractivity (Wildman–Crippen MR) is 70.0 cm³/mol. The van der Waals surface area contributed by atoms with Gasteiger partial charge in [-0.1, -0.05) is 17.7 Å². The molecule has 1 aliphatic rings. The van der Waals surface area contributed by atoms with Crippen LogP contribution in [0.2, 0.25) is 0 Å². The van der Waals surface area contributed by atoms with Crippen molar-refractivity contribution < 1.29 is 4.79 Å². The van der Waals surface area contributed by atoms with Gasteiger partial charge in [0.1, 0.15) is 0 Å². The molecule has 1 aliphatic carbocycles. The Morgan fingerprint density at radius 3 is 2.39 bits per heavy atom. The van der Waals surface area contributed by atoms with Gasteiger partial charge in [-0.2, -0.15) is 5.26 Å². The second-order valence-electron chi connectivity index (χ2n) is 5.02. The molecule has 94 valence electrons. The molecular formula is C15H18N2O. The molecule has 0 heterocycles. The van der Waals surface area contributed by atoms with Crippen LogP contribution in [0.15, 0.2) is 24.3 Å². The highest BCUT2D eigenvalue weighted by Crippen LogP contribution is 2.23. The zero-order chi connectivity index (χ0) is 13.0. The van der Waals surface area contributed by atoms with E-state index in [1.165, 1.54) is 0 Å². The van der Waals surface area contributed by atoms with Crippen molar-refractivity contribution >= 4 is 5.91 Å². The lowest BCUT2D eigenvalue weighted by molar-refractivity contribution is 0.0925. The number of nitriles is 1. The number of rotatable bonds is 2. The summed E-state index contributed by atoms with van der Waals surface area (Å²) in [6.07, 6.45) is 3.62. The Morgan fingerprint density at radius 2 is 1.83 bits per heavy atom. The van der Waals surface area contributed by atoms with Gasteiger partial charge in [-0.15, -0.1) is 0 Å². The largest absolute Gasteiger partial charge is 0.349 e. The van der Waals surface area contributed by atoms with Crippen LogP contribution in [0, 0.1) is 24.2 Å². The Bertz CT molecular complexity index is 450. The summed E-state index contributed by atoms with van der Waals surface area (Å²) in [7, 11) is 0. The van der Waals surface area contributed by atoms with E-state index in [9.17, 15) is 4.79 Å². The van der Waals surface area contributed by atoms with Crippen molar-refractivity contribution in [1.29, 1.82) is 5.26 Å². The molecule has 1 amide bonds. The van der Waals surface area contributed by atoms with Crippen LogP contribution in [0.25, 0.3) is 0 Å². The van der Waals surface area contributed by atoms with E-state index in [1.54, 1.807) is 0 Å². The van der Waals surface area contributed by atoms with Gasteiger partial charge >= 0.3 is 0 Å². The van der Waals surface area contributed by atoms with Crippen LogP contribution >= 0.6 is 0 Å². The van der Waals surface area contributed by atoms with Gasteiger partial charge in [0.15, 0.2) is 0 Å². The van der Waals surface area contributed by atoms with E-state index < -0.39 is 0 Å². The zero-order valence-electron chi connectivity index (χ0n) is 10.6. The van der Waals surface area contributed by atoms with Gasteiger partial charge in [0.2, 0.25) is 0 Å². The van der Waals surface area contributed by atoms with Crippen LogP contribution in [0.3, 0.4) is 0 Å². The van der Waals surface area contributed by atoms with Gasteiger partial charge in [-0.3, -0.25) is 4.79 Å². The maximum absolute atomic E-state index is 12.0. The molecule has 18 heavy (non-hydrogen) atoms. The van der Waals surface area contributed by atoms with Crippen LogP contribution in [-0.4, -0.2) is 11.9 Å². The van der Waals surface area contributed by atoms with Crippen LogP contribution < -0.4 is 5.32 Å². The van der Waals surface area contributed by atoms with Crippen LogP contribution in [-0.2, 0) is 0 Å². The molecule has 0 bridgehead atoms. The van der Waals surface area contributed by atoms with Gasteiger partial charge in [0.05, 0.1) is 6.07 Å². The van der Waals surface area contributed by atoms with Gasteiger partial charge in [0.25, 0.3) is 5.91 Å². The van der Waals surface area contributed by atoms with E-state index in [0.717, 1.165) is 31.2 Å². The topological polar surface area (TPSA) is 52.9 Å². The lowest BCUT2D eigenvalue weighted by atomic mass is 9.87. The molecule has 1 N–H and O–H groups in total. The molecule has 0 aliphatic heterocycles. The maximum atomic E-state index is 12.0. The molecule has 0 spiro atoms. The van der Waals surface area contributed by atoms with Crippen LogP contribution in [0.4, 0.5) is 0 Å². The number of carbonyl (C=O) groups excluding carboxylic acids is 1. The van der Waals surface area contributed by atoms with E-state index in [4.69, 9.17) is 5.26 Å². The van der Waals surface area contributed by atoms with E-state index in [-0.39, 0.29) is 17.9 Å². The molecule has 3 nitrogen and oxygen atoms in total. The number of carbonyl (C=O) groups is 1. The zero-order valence-corrected chi connectivity index (χ0v) is 10.6. The SMILES string of the molecule is Cc1ccc(C(=O)NC2CCC(C#N)CC2)cc1. The lowest BCUT2D eigenvalue weighted by Crippen LogP contribution is -2.37. The van der Waals surface area contributed by atoms with E-state index in [2.05, 4.69) is 11.4 Å². The fourth-order valence-electron chi connectivity index (χ4n) is 2.34. The predicted octanol–water partition coefficient (Wildman–Crippen LogP) is 2.81. The van der Waals surface area contributed by atoms with Crippen molar-refractivity contribution in [3.8, 4) is 6.07 Å². The molecule has 0 saturated heterocycles. The summed E-state index contributed by atoms with van der Waals surface area (Å²) < 4.78 is 0. The quantitative estimate of drug-likeness (QED) is 0.867. The normalized spacial score (nSPS) is 23.1. The van der Waals surface area contributed by atoms with Crippen molar-refractivity contribution in [2.45, 2.75) is 38.6 Å². The summed E-state index contributed by atoms with van der Waals surface area (Å²) in [6.45, 7) is 2.00. The van der Waals surface area contributed by atoms with Crippen LogP contribution in [0.5, 0.6) is 0 Å². The summed E-state index contributed by atoms with van der Waals surface area (Å²) in [5.74, 6) is 0.174. The molecule has 3 heteroatoms. The summed E-state index contributed by atoms with van der Waals surface area (Å²) in [5, 5.41) is 11.9. The Balaban J connectivity index is 1.89. The van der Waals surface area contributed by atoms with Gasteiger partial charge < -0.3 is 5.32 Å². The average molecular weight is 242 g/mol. The first kappa shape index (κ1) is 12.6. The molecule has 1 fully saturated rings. The molecule has 0 aromatic heterocycles. The third-order valence-electron chi connectivity index (χ3n) is 3.56. The third-order valence-corrected chi connectivity index (χ3v) is 3.56. The average Bonchev–Trinajstić information content (AvgIpc) is 2.40. The van der Waals surface area contributed by atoms with E-state index >= 15 is 0 Å². The standard InChI is InChI=1S/C15H18N2O/c1-11-2-6-13(7-3-11)15(18)17-14-8-4-12(10-16)5-9-14/h2-3,6-7,12,14H,4-5,8-9H2,1H3,(H,17,18). The molecule has 0 radical (unpaired) electrons. The molecular weight excluding hydrogens is 224 g/mol. The third kappa shape index (κ3) is 3.10. The second-order valence-corrected chi connectivity index (χ2v) is 5.02. The van der Waals surface area contributed by atoms with Crippen molar-refractivity contribution in [2.75, 3.05) is 0 Å². The highest BCUT2D eigenvalue weighted by molar-refractivity contribution is 5.94. The van der Waals surface area contributed by atoms with Gasteiger partial charge in [-0.25, -0.2) is 0 Å². The second kappa shape index (κ2) is 5.68. The van der Waals surface area contributed by atoms with E-state index in [1.807, 2.05) is 31.2 Å². The van der Waals surface area contributed by atoms with Crippen molar-refractivity contribution in [3.05, 3.63) is 35.4 Å². The number of benzene rings is 1. The maximum Gasteiger partial charge on any atom is 0.251 e. The summed E-state index contributed by atoms with van der Waals surface area (Å²) in [6, 6.07) is 10.1. The summed E-state index contributed by atoms with van der Waals surface area (Å²) >= 11 is 0. The van der Waals surface area contributed by atoms with Crippen molar-refractivity contribution in [2.24, 2.45) is 5.92 Å². The number of nitrogens with zero attached hydrogens (tertiary/aromatic N) is 1. The van der Waals surface area contributed by atoms with E-state index in [0.29, 0.717) is 5.56 Å². The molecule has 0 atom stereocenters. The smallest absolute Gasteiger partial charge is 0.251 e. The fourth-order valence-corrected chi connectivity index (χ4v) is 2.34. The first-order valence-corrected chi connectivity index (χ1v) is 6.46. The molecule has 1 aromatic rings. The number of aryl methyl sites for hydroxylation is 1. The lowest BCUT2D eigenvalue weighted by Gasteiger charge is -2.25. The Morgan fingerprint density at radius 1 is 1.22 bits per heavy atom. The monoisotopic (exact) mass is 242 g/mol. The van der Waals surface area contributed by atoms with Gasteiger partial charge in [-0.05, 0) is 44.7 Å². The number of hydrogen-bond acceptors (Lipinski definition) is 2. The Labute approximate surface area is 108 Å². The number of hydrogen-bond donors (Lipinski definition) is 1. The first-order valence-electron chi connectivity index (χ1n) is 6.46. The molecule has 0 unspecified atom stereocenters. The van der Waals surface area contributed by atoms with Crippen LogP contribution in [0.1, 0.15) is 41.6 Å². The Kier molecular flexibility index (Phi) is 3.99. The van der Waals surface area contributed by atoms with Crippen molar-refractivity contribution in [1.82, 2.24) is 5.32 Å². The minimum absolute atomic E-state index is 0.00425. The molecule has 2 rings (SSSR count). The Hall–Kier alpha value is -1.82.